The fraction of sp³-hybridized carbons (Fsp3) is 0.385. The molecule has 0 spiro atoms. The minimum atomic E-state index is -1.09. The first-order chi connectivity index (χ1) is 8.96. The Balaban J connectivity index is 2.94. The molecule has 6 heteroatoms. The van der Waals surface area contributed by atoms with Crippen LogP contribution in [0.15, 0.2) is 18.2 Å². The third kappa shape index (κ3) is 4.50. The van der Waals surface area contributed by atoms with E-state index in [4.69, 9.17) is 14.6 Å². The van der Waals surface area contributed by atoms with Crippen LogP contribution in [0.5, 0.6) is 11.5 Å². The van der Waals surface area contributed by atoms with Crippen LogP contribution in [-0.2, 0) is 16.0 Å². The van der Waals surface area contributed by atoms with Crippen molar-refractivity contribution in [2.75, 3.05) is 14.2 Å². The number of benzene rings is 1. The number of ether oxygens (including phenoxy) is 2. The van der Waals surface area contributed by atoms with Crippen LogP contribution in [0.4, 0.5) is 0 Å². The van der Waals surface area contributed by atoms with Crippen molar-refractivity contribution >= 4 is 11.9 Å². The molecule has 1 unspecified atom stereocenters. The molecule has 104 valence electrons. The Kier molecular flexibility index (Phi) is 5.17. The summed E-state index contributed by atoms with van der Waals surface area (Å²) in [6.45, 7) is 1.28. The maximum atomic E-state index is 11.1. The zero-order valence-electron chi connectivity index (χ0n) is 11.1. The van der Waals surface area contributed by atoms with Gasteiger partial charge in [-0.25, -0.2) is 4.79 Å². The number of nitrogens with one attached hydrogen (secondary N) is 1. The van der Waals surface area contributed by atoms with Gasteiger partial charge in [0.25, 0.3) is 0 Å². The van der Waals surface area contributed by atoms with E-state index in [-0.39, 0.29) is 12.3 Å². The largest absolute Gasteiger partial charge is 0.497 e. The molecule has 0 saturated heterocycles. The highest BCUT2D eigenvalue weighted by molar-refractivity contribution is 5.82. The zero-order valence-corrected chi connectivity index (χ0v) is 11.1. The van der Waals surface area contributed by atoms with E-state index in [2.05, 4.69) is 5.32 Å². The van der Waals surface area contributed by atoms with Crippen molar-refractivity contribution in [3.05, 3.63) is 23.8 Å². The SMILES string of the molecule is COc1cc(CC(NC(C)=O)C(=O)O)cc(OC)c1. The second kappa shape index (κ2) is 6.63. The number of carboxylic acid groups (broad SMARTS) is 1. The number of carboxylic acids is 1. The van der Waals surface area contributed by atoms with E-state index in [1.807, 2.05) is 0 Å². The van der Waals surface area contributed by atoms with Crippen molar-refractivity contribution in [3.63, 3.8) is 0 Å². The number of aliphatic carboxylic acids is 1. The van der Waals surface area contributed by atoms with Crippen LogP contribution in [0.1, 0.15) is 12.5 Å². The summed E-state index contributed by atoms with van der Waals surface area (Å²) in [5, 5.41) is 11.4. The summed E-state index contributed by atoms with van der Waals surface area (Å²) in [5.41, 5.74) is 0.706. The van der Waals surface area contributed by atoms with Crippen LogP contribution >= 0.6 is 0 Å². The van der Waals surface area contributed by atoms with E-state index in [0.29, 0.717) is 17.1 Å². The molecule has 1 aromatic carbocycles. The average Bonchev–Trinajstić information content (AvgIpc) is 2.36. The molecule has 1 amide bonds. The minimum absolute atomic E-state index is 0.155. The highest BCUT2D eigenvalue weighted by Gasteiger charge is 2.19. The van der Waals surface area contributed by atoms with Gasteiger partial charge in [-0.3, -0.25) is 4.79 Å². The molecule has 0 bridgehead atoms. The molecule has 19 heavy (non-hydrogen) atoms. The quantitative estimate of drug-likeness (QED) is 0.797. The molecule has 2 N–H and O–H groups in total. The molecule has 0 aromatic heterocycles. The van der Waals surface area contributed by atoms with E-state index in [0.717, 1.165) is 0 Å². The van der Waals surface area contributed by atoms with Crippen LogP contribution < -0.4 is 14.8 Å². The smallest absolute Gasteiger partial charge is 0.326 e. The number of rotatable bonds is 6. The van der Waals surface area contributed by atoms with Gasteiger partial charge in [0, 0.05) is 19.4 Å². The molecule has 6 nitrogen and oxygen atoms in total. The Morgan fingerprint density at radius 3 is 2.11 bits per heavy atom. The Hall–Kier alpha value is -2.24. The molecule has 1 atom stereocenters. The Morgan fingerprint density at radius 2 is 1.74 bits per heavy atom. The van der Waals surface area contributed by atoms with Crippen molar-refractivity contribution in [1.82, 2.24) is 5.32 Å². The van der Waals surface area contributed by atoms with Gasteiger partial charge in [0.1, 0.15) is 17.5 Å². The van der Waals surface area contributed by atoms with Crippen LogP contribution in [0.2, 0.25) is 0 Å². The normalized spacial score (nSPS) is 11.5. The van der Waals surface area contributed by atoms with Gasteiger partial charge < -0.3 is 19.9 Å². The minimum Gasteiger partial charge on any atom is -0.497 e. The fourth-order valence-corrected chi connectivity index (χ4v) is 1.67. The molecule has 0 radical (unpaired) electrons. The molecule has 0 heterocycles. The third-order valence-electron chi connectivity index (χ3n) is 2.53. The molecular formula is C13H17NO5. The van der Waals surface area contributed by atoms with Gasteiger partial charge in [0.05, 0.1) is 14.2 Å². The standard InChI is InChI=1S/C13H17NO5/c1-8(15)14-12(13(16)17)6-9-4-10(18-2)7-11(5-9)19-3/h4-5,7,12H,6H2,1-3H3,(H,14,15)(H,16,17). The number of amides is 1. The summed E-state index contributed by atoms with van der Waals surface area (Å²) in [6.07, 6.45) is 0.155. The maximum absolute atomic E-state index is 11.1. The number of methoxy groups -OCH3 is 2. The molecule has 0 saturated carbocycles. The zero-order chi connectivity index (χ0) is 14.4. The summed E-state index contributed by atoms with van der Waals surface area (Å²) in [4.78, 5) is 22.0. The molecule has 1 rings (SSSR count). The third-order valence-corrected chi connectivity index (χ3v) is 2.53. The number of carbonyl (C=O) groups is 2. The monoisotopic (exact) mass is 267 g/mol. The molecule has 0 aliphatic carbocycles. The fourth-order valence-electron chi connectivity index (χ4n) is 1.67. The van der Waals surface area contributed by atoms with Gasteiger partial charge in [-0.1, -0.05) is 0 Å². The van der Waals surface area contributed by atoms with E-state index in [9.17, 15) is 9.59 Å². The van der Waals surface area contributed by atoms with E-state index in [1.54, 1.807) is 18.2 Å². The van der Waals surface area contributed by atoms with Crippen molar-refractivity contribution in [2.45, 2.75) is 19.4 Å². The summed E-state index contributed by atoms with van der Waals surface area (Å²) in [6, 6.07) is 4.13. The van der Waals surface area contributed by atoms with Crippen molar-refractivity contribution < 1.29 is 24.2 Å². The van der Waals surface area contributed by atoms with Gasteiger partial charge in [0.2, 0.25) is 5.91 Å². The summed E-state index contributed by atoms with van der Waals surface area (Å²) in [5.74, 6) is -0.332. The number of hydrogen-bond acceptors (Lipinski definition) is 4. The van der Waals surface area contributed by atoms with Gasteiger partial charge in [0.15, 0.2) is 0 Å². The average molecular weight is 267 g/mol. The predicted molar refractivity (Wildman–Crippen MR) is 68.5 cm³/mol. The molecule has 0 aliphatic heterocycles. The topological polar surface area (TPSA) is 84.9 Å². The summed E-state index contributed by atoms with van der Waals surface area (Å²) < 4.78 is 10.2. The van der Waals surface area contributed by atoms with Crippen LogP contribution in [0.3, 0.4) is 0 Å². The van der Waals surface area contributed by atoms with E-state index in [1.165, 1.54) is 21.1 Å². The summed E-state index contributed by atoms with van der Waals surface area (Å²) in [7, 11) is 3.03. The van der Waals surface area contributed by atoms with Crippen LogP contribution in [0.25, 0.3) is 0 Å². The lowest BCUT2D eigenvalue weighted by atomic mass is 10.1. The van der Waals surface area contributed by atoms with Gasteiger partial charge in [-0.15, -0.1) is 0 Å². The first kappa shape index (κ1) is 14.8. The highest BCUT2D eigenvalue weighted by Crippen LogP contribution is 2.23. The second-order valence-electron chi connectivity index (χ2n) is 4.02. The van der Waals surface area contributed by atoms with Gasteiger partial charge in [-0.2, -0.15) is 0 Å². The number of hydrogen-bond donors (Lipinski definition) is 2. The number of carbonyl (C=O) groups excluding carboxylic acids is 1. The molecular weight excluding hydrogens is 250 g/mol. The lowest BCUT2D eigenvalue weighted by Crippen LogP contribution is -2.41. The molecule has 1 aromatic rings. The van der Waals surface area contributed by atoms with Crippen molar-refractivity contribution in [1.29, 1.82) is 0 Å². The summed E-state index contributed by atoms with van der Waals surface area (Å²) >= 11 is 0. The maximum Gasteiger partial charge on any atom is 0.326 e. The second-order valence-corrected chi connectivity index (χ2v) is 4.02. The van der Waals surface area contributed by atoms with Crippen LogP contribution in [0, 0.1) is 0 Å². The first-order valence-electron chi connectivity index (χ1n) is 5.68. The van der Waals surface area contributed by atoms with Crippen LogP contribution in [-0.4, -0.2) is 37.2 Å². The Bertz CT molecular complexity index is 450. The first-order valence-corrected chi connectivity index (χ1v) is 5.68. The highest BCUT2D eigenvalue weighted by atomic mass is 16.5. The van der Waals surface area contributed by atoms with Gasteiger partial charge >= 0.3 is 5.97 Å². The molecule has 0 fully saturated rings. The lowest BCUT2D eigenvalue weighted by molar-refractivity contribution is -0.141. The van der Waals surface area contributed by atoms with Gasteiger partial charge in [-0.05, 0) is 17.7 Å². The predicted octanol–water partition coefficient (Wildman–Crippen LogP) is 0.836. The molecule has 0 aliphatic rings. The van der Waals surface area contributed by atoms with E-state index < -0.39 is 12.0 Å². The van der Waals surface area contributed by atoms with E-state index >= 15 is 0 Å². The lowest BCUT2D eigenvalue weighted by Gasteiger charge is -2.14. The van der Waals surface area contributed by atoms with Crippen molar-refractivity contribution in [3.8, 4) is 11.5 Å². The Morgan fingerprint density at radius 1 is 1.21 bits per heavy atom. The van der Waals surface area contributed by atoms with Crippen molar-refractivity contribution in [2.24, 2.45) is 0 Å². The Labute approximate surface area is 111 Å².